The minimum atomic E-state index is -4.12. The molecule has 0 amide bonds. The molecule has 140 valence electrons. The van der Waals surface area contributed by atoms with Crippen molar-refractivity contribution in [2.45, 2.75) is 45.4 Å². The molecule has 10 nitrogen and oxygen atoms in total. The summed E-state index contributed by atoms with van der Waals surface area (Å²) in [5.41, 5.74) is 1.72. The molecule has 4 N–H and O–H groups in total. The molecular formula is C14H23N5O5S. The highest BCUT2D eigenvalue weighted by Gasteiger charge is 2.29. The molecule has 0 unspecified atom stereocenters. The van der Waals surface area contributed by atoms with E-state index in [1.165, 1.54) is 17.2 Å². The minimum Gasteiger partial charge on any atom is -0.388 e. The predicted molar refractivity (Wildman–Crippen MR) is 89.4 cm³/mol. The first-order valence-corrected chi connectivity index (χ1v) is 9.45. The Labute approximate surface area is 145 Å². The van der Waals surface area contributed by atoms with Gasteiger partial charge in [0.15, 0.2) is 11.9 Å². The third-order valence-corrected chi connectivity index (χ3v) is 4.43. The average molecular weight is 373 g/mol. The number of imidazole rings is 1. The first kappa shape index (κ1) is 19.7. The molecule has 2 aromatic rings. The summed E-state index contributed by atoms with van der Waals surface area (Å²) in [5, 5.41) is 25.7. The summed E-state index contributed by atoms with van der Waals surface area (Å²) in [4.78, 5) is 12.6. The molecule has 0 spiro atoms. The number of hydrogen-bond acceptors (Lipinski definition) is 8. The molecule has 2 aromatic heterocycles. The van der Waals surface area contributed by atoms with Gasteiger partial charge in [-0.1, -0.05) is 20.3 Å². The van der Waals surface area contributed by atoms with Crippen LogP contribution in [0, 0.1) is 5.92 Å². The van der Waals surface area contributed by atoms with E-state index in [-0.39, 0.29) is 6.61 Å². The van der Waals surface area contributed by atoms with Crippen LogP contribution in [0.2, 0.25) is 0 Å². The summed E-state index contributed by atoms with van der Waals surface area (Å²) in [7, 11) is -4.12. The van der Waals surface area contributed by atoms with Gasteiger partial charge in [-0.15, -0.1) is 0 Å². The van der Waals surface area contributed by atoms with Crippen LogP contribution in [0.4, 0.5) is 0 Å². The molecule has 0 radical (unpaired) electrons. The highest BCUT2D eigenvalue weighted by Crippen LogP contribution is 2.24. The van der Waals surface area contributed by atoms with Crippen LogP contribution in [0.15, 0.2) is 12.7 Å². The Hall–Kier alpha value is -1.66. The first-order valence-electron chi connectivity index (χ1n) is 7.98. The Morgan fingerprint density at radius 1 is 1.28 bits per heavy atom. The van der Waals surface area contributed by atoms with Gasteiger partial charge in [-0.05, 0) is 12.8 Å². The summed E-state index contributed by atoms with van der Waals surface area (Å²) < 4.78 is 27.7. The molecule has 0 bridgehead atoms. The van der Waals surface area contributed by atoms with Gasteiger partial charge in [0.2, 0.25) is 0 Å². The van der Waals surface area contributed by atoms with Gasteiger partial charge in [-0.25, -0.2) is 20.1 Å². The summed E-state index contributed by atoms with van der Waals surface area (Å²) in [5.74, 6) is -0.650. The van der Waals surface area contributed by atoms with Gasteiger partial charge in [-0.2, -0.15) is 8.42 Å². The van der Waals surface area contributed by atoms with E-state index in [0.29, 0.717) is 24.0 Å². The molecule has 0 saturated heterocycles. The van der Waals surface area contributed by atoms with Crippen molar-refractivity contribution in [1.29, 1.82) is 0 Å². The van der Waals surface area contributed by atoms with Crippen molar-refractivity contribution in [3.05, 3.63) is 18.3 Å². The van der Waals surface area contributed by atoms with Crippen LogP contribution in [0.5, 0.6) is 0 Å². The van der Waals surface area contributed by atoms with E-state index in [9.17, 15) is 18.6 Å². The van der Waals surface area contributed by atoms with Crippen LogP contribution in [0.3, 0.4) is 0 Å². The van der Waals surface area contributed by atoms with Gasteiger partial charge in [0, 0.05) is 5.92 Å². The van der Waals surface area contributed by atoms with Crippen molar-refractivity contribution < 1.29 is 22.8 Å². The van der Waals surface area contributed by atoms with Gasteiger partial charge >= 0.3 is 10.3 Å². The number of aliphatic hydroxyl groups is 2. The lowest BCUT2D eigenvalue weighted by Crippen LogP contribution is -2.34. The zero-order valence-corrected chi connectivity index (χ0v) is 14.9. The zero-order valence-electron chi connectivity index (χ0n) is 14.1. The quantitative estimate of drug-likeness (QED) is 0.549. The number of nitrogens with zero attached hydrogens (tertiary/aromatic N) is 4. The molecule has 11 heteroatoms. The number of aliphatic hydroxyl groups excluding tert-OH is 2. The van der Waals surface area contributed by atoms with Crippen LogP contribution in [0.1, 0.15) is 38.6 Å². The lowest BCUT2D eigenvalue weighted by atomic mass is 9.99. The van der Waals surface area contributed by atoms with E-state index in [2.05, 4.69) is 19.1 Å². The molecule has 0 aliphatic carbocycles. The molecule has 3 atom stereocenters. The summed E-state index contributed by atoms with van der Waals surface area (Å²) in [6, 6.07) is 0. The first-order chi connectivity index (χ1) is 11.8. The standard InChI is InChI=1S/C14H23N5O5S/c1-3-5-10-11-13(17-7-16-10)19(8-18-11)14(21)12(20)9(4-2)6-24-25(15,22)23/h7-9,12,14,20-21H,3-6H2,1-2H3,(H2,15,22,23)/t9-,12-,14-/m1/s1. The maximum Gasteiger partial charge on any atom is 0.333 e. The number of nitrogens with two attached hydrogens (primary N) is 1. The van der Waals surface area contributed by atoms with Crippen LogP contribution in [0.25, 0.3) is 11.2 Å². The second-order valence-corrected chi connectivity index (χ2v) is 6.97. The zero-order chi connectivity index (χ0) is 18.6. The van der Waals surface area contributed by atoms with Crippen LogP contribution in [-0.2, 0) is 20.9 Å². The Morgan fingerprint density at radius 2 is 2.00 bits per heavy atom. The number of rotatable bonds is 9. The Bertz CT molecular complexity index is 809. The van der Waals surface area contributed by atoms with Gasteiger partial charge in [0.1, 0.15) is 17.9 Å². The topological polar surface area (TPSA) is 153 Å². The summed E-state index contributed by atoms with van der Waals surface area (Å²) in [6.45, 7) is 3.41. The lowest BCUT2D eigenvalue weighted by molar-refractivity contribution is -0.0662. The molecule has 0 saturated carbocycles. The average Bonchev–Trinajstić information content (AvgIpc) is 2.99. The second-order valence-electron chi connectivity index (χ2n) is 5.74. The van der Waals surface area contributed by atoms with Crippen LogP contribution >= 0.6 is 0 Å². The van der Waals surface area contributed by atoms with E-state index in [1.807, 2.05) is 6.92 Å². The minimum absolute atomic E-state index is 0.337. The Kier molecular flexibility index (Phi) is 6.41. The summed E-state index contributed by atoms with van der Waals surface area (Å²) in [6.07, 6.45) is 2.06. The van der Waals surface area contributed by atoms with Crippen molar-refractivity contribution in [1.82, 2.24) is 19.5 Å². The molecule has 25 heavy (non-hydrogen) atoms. The van der Waals surface area contributed by atoms with Gasteiger partial charge in [0.25, 0.3) is 0 Å². The fraction of sp³-hybridized carbons (Fsp3) is 0.643. The van der Waals surface area contributed by atoms with E-state index < -0.39 is 28.6 Å². The smallest absolute Gasteiger partial charge is 0.333 e. The number of hydrogen-bond donors (Lipinski definition) is 3. The van der Waals surface area contributed by atoms with Gasteiger partial charge < -0.3 is 10.2 Å². The maximum atomic E-state index is 10.9. The molecule has 2 heterocycles. The Morgan fingerprint density at radius 3 is 2.60 bits per heavy atom. The van der Waals surface area contributed by atoms with Crippen molar-refractivity contribution in [3.63, 3.8) is 0 Å². The Balaban J connectivity index is 2.25. The SMILES string of the molecule is CCCc1ncnc2c1ncn2[C@H](O)[C@H](O)[C@H](CC)COS(N)(=O)=O. The van der Waals surface area contributed by atoms with Crippen molar-refractivity contribution >= 4 is 21.5 Å². The number of fused-ring (bicyclic) bond motifs is 1. The molecule has 2 rings (SSSR count). The highest BCUT2D eigenvalue weighted by atomic mass is 32.2. The highest BCUT2D eigenvalue weighted by molar-refractivity contribution is 7.84. The van der Waals surface area contributed by atoms with E-state index >= 15 is 0 Å². The van der Waals surface area contributed by atoms with Crippen molar-refractivity contribution in [3.8, 4) is 0 Å². The van der Waals surface area contributed by atoms with E-state index in [1.54, 1.807) is 6.92 Å². The van der Waals surface area contributed by atoms with E-state index in [4.69, 9.17) is 5.14 Å². The monoisotopic (exact) mass is 373 g/mol. The molecule has 0 aromatic carbocycles. The maximum absolute atomic E-state index is 10.9. The van der Waals surface area contributed by atoms with Crippen molar-refractivity contribution in [2.24, 2.45) is 11.1 Å². The predicted octanol–water partition coefficient (Wildman–Crippen LogP) is -0.123. The third kappa shape index (κ3) is 4.70. The molecule has 0 fully saturated rings. The molecule has 0 aliphatic heterocycles. The number of aryl methyl sites for hydroxylation is 1. The number of aromatic nitrogens is 4. The third-order valence-electron chi connectivity index (χ3n) is 3.97. The summed E-state index contributed by atoms with van der Waals surface area (Å²) >= 11 is 0. The van der Waals surface area contributed by atoms with Crippen LogP contribution < -0.4 is 5.14 Å². The second kappa shape index (κ2) is 8.15. The lowest BCUT2D eigenvalue weighted by Gasteiger charge is -2.26. The van der Waals surface area contributed by atoms with Gasteiger partial charge in [-0.3, -0.25) is 8.75 Å². The normalized spacial score (nSPS) is 16.0. The van der Waals surface area contributed by atoms with Crippen LogP contribution in [-0.4, -0.2) is 50.9 Å². The van der Waals surface area contributed by atoms with Crippen molar-refractivity contribution in [2.75, 3.05) is 6.61 Å². The fourth-order valence-corrected chi connectivity index (χ4v) is 2.93. The van der Waals surface area contributed by atoms with E-state index in [0.717, 1.165) is 12.1 Å². The molecule has 0 aliphatic rings. The van der Waals surface area contributed by atoms with Gasteiger partial charge in [0.05, 0.1) is 18.6 Å². The molecular weight excluding hydrogens is 350 g/mol. The fourth-order valence-electron chi connectivity index (χ4n) is 2.56. The largest absolute Gasteiger partial charge is 0.388 e.